The molecule has 0 aromatic carbocycles. The van der Waals surface area contributed by atoms with Gasteiger partial charge in [-0.1, -0.05) is 12.8 Å². The number of aliphatic imine (C=N–C) groups is 1. The third-order valence-electron chi connectivity index (χ3n) is 4.20. The maximum absolute atomic E-state index is 12.3. The summed E-state index contributed by atoms with van der Waals surface area (Å²) in [5, 5.41) is 6.14. The molecule has 0 unspecified atom stereocenters. The fourth-order valence-corrected chi connectivity index (χ4v) is 2.84. The van der Waals surface area contributed by atoms with Crippen molar-refractivity contribution in [3.05, 3.63) is 0 Å². The minimum Gasteiger partial charge on any atom is -0.357 e. The second-order valence-electron chi connectivity index (χ2n) is 6.60. The number of hydrogen-bond acceptors (Lipinski definition) is 3. The SMILES string of the molecule is CCNC(=NCC(=O)N(C)CC(F)(F)F)NCCCN1CCCCCC1. The van der Waals surface area contributed by atoms with Gasteiger partial charge in [0.1, 0.15) is 13.1 Å². The summed E-state index contributed by atoms with van der Waals surface area (Å²) in [5.74, 6) is -0.207. The predicted molar refractivity (Wildman–Crippen MR) is 97.2 cm³/mol. The molecule has 0 spiro atoms. The number of amides is 1. The van der Waals surface area contributed by atoms with Crippen molar-refractivity contribution >= 4 is 11.9 Å². The van der Waals surface area contributed by atoms with E-state index in [1.54, 1.807) is 0 Å². The number of nitrogens with zero attached hydrogens (tertiary/aromatic N) is 3. The molecule has 6 nitrogen and oxygen atoms in total. The van der Waals surface area contributed by atoms with E-state index in [-0.39, 0.29) is 6.54 Å². The van der Waals surface area contributed by atoms with Crippen LogP contribution in [-0.4, -0.2) is 80.7 Å². The Balaban J connectivity index is 2.34. The lowest BCUT2D eigenvalue weighted by Crippen LogP contribution is -2.41. The van der Waals surface area contributed by atoms with Gasteiger partial charge >= 0.3 is 6.18 Å². The maximum Gasteiger partial charge on any atom is 0.406 e. The number of hydrogen-bond donors (Lipinski definition) is 2. The van der Waals surface area contributed by atoms with Crippen LogP contribution in [0.15, 0.2) is 4.99 Å². The summed E-state index contributed by atoms with van der Waals surface area (Å²) in [6, 6.07) is 0. The number of halogens is 3. The highest BCUT2D eigenvalue weighted by Crippen LogP contribution is 2.15. The molecule has 1 amide bonds. The molecule has 1 aliphatic heterocycles. The molecule has 2 N–H and O–H groups in total. The zero-order valence-corrected chi connectivity index (χ0v) is 15.9. The van der Waals surface area contributed by atoms with Crippen molar-refractivity contribution in [2.75, 3.05) is 52.9 Å². The number of rotatable bonds is 8. The molecule has 0 atom stereocenters. The standard InChI is InChI=1S/C17H32F3N5O/c1-3-21-16(23-13-15(26)24(2)14-17(18,19)20)22-9-8-12-25-10-6-4-5-7-11-25/h3-14H2,1-2H3,(H2,21,22,23). The average Bonchev–Trinajstić information content (AvgIpc) is 2.83. The molecule has 1 heterocycles. The summed E-state index contributed by atoms with van der Waals surface area (Å²) in [6.45, 7) is 4.95. The third kappa shape index (κ3) is 10.5. The van der Waals surface area contributed by atoms with Crippen LogP contribution in [0.4, 0.5) is 13.2 Å². The highest BCUT2D eigenvalue weighted by molar-refractivity contribution is 5.84. The highest BCUT2D eigenvalue weighted by Gasteiger charge is 2.31. The molecule has 9 heteroatoms. The van der Waals surface area contributed by atoms with Crippen LogP contribution in [-0.2, 0) is 4.79 Å². The Morgan fingerprint density at radius 1 is 1.15 bits per heavy atom. The fraction of sp³-hybridized carbons (Fsp3) is 0.882. The number of likely N-dealkylation sites (tertiary alicyclic amines) is 1. The van der Waals surface area contributed by atoms with Crippen molar-refractivity contribution in [1.29, 1.82) is 0 Å². The number of nitrogens with one attached hydrogen (secondary N) is 2. The molecular weight excluding hydrogens is 347 g/mol. The van der Waals surface area contributed by atoms with Crippen LogP contribution in [0, 0.1) is 0 Å². The minimum absolute atomic E-state index is 0.311. The number of likely N-dealkylation sites (N-methyl/N-ethyl adjacent to an activating group) is 1. The van der Waals surface area contributed by atoms with E-state index >= 15 is 0 Å². The highest BCUT2D eigenvalue weighted by atomic mass is 19.4. The van der Waals surface area contributed by atoms with E-state index in [2.05, 4.69) is 20.5 Å². The molecule has 0 aromatic rings. The Kier molecular flexibility index (Phi) is 10.4. The quantitative estimate of drug-likeness (QED) is 0.384. The monoisotopic (exact) mass is 379 g/mol. The van der Waals surface area contributed by atoms with Gasteiger partial charge in [0.05, 0.1) is 0 Å². The van der Waals surface area contributed by atoms with Crippen molar-refractivity contribution in [3.63, 3.8) is 0 Å². The Labute approximate surface area is 154 Å². The number of guanidine groups is 1. The zero-order chi connectivity index (χ0) is 19.4. The van der Waals surface area contributed by atoms with Crippen LogP contribution < -0.4 is 10.6 Å². The van der Waals surface area contributed by atoms with E-state index < -0.39 is 18.6 Å². The lowest BCUT2D eigenvalue weighted by atomic mass is 10.2. The predicted octanol–water partition coefficient (Wildman–Crippen LogP) is 1.83. The zero-order valence-electron chi connectivity index (χ0n) is 15.9. The smallest absolute Gasteiger partial charge is 0.357 e. The van der Waals surface area contributed by atoms with Gasteiger partial charge in [-0.2, -0.15) is 13.2 Å². The normalized spacial score (nSPS) is 16.9. The van der Waals surface area contributed by atoms with Gasteiger partial charge in [-0.05, 0) is 45.8 Å². The molecule has 0 bridgehead atoms. The molecule has 0 saturated carbocycles. The first-order chi connectivity index (χ1) is 12.3. The second-order valence-corrected chi connectivity index (χ2v) is 6.60. The van der Waals surface area contributed by atoms with Gasteiger partial charge in [0, 0.05) is 20.1 Å². The van der Waals surface area contributed by atoms with Crippen LogP contribution in [0.25, 0.3) is 0 Å². The Morgan fingerprint density at radius 2 is 1.81 bits per heavy atom. The molecule has 0 aromatic heterocycles. The van der Waals surface area contributed by atoms with Crippen LogP contribution in [0.5, 0.6) is 0 Å². The summed E-state index contributed by atoms with van der Waals surface area (Å²) in [4.78, 5) is 19.0. The van der Waals surface area contributed by atoms with Gasteiger partial charge in [-0.15, -0.1) is 0 Å². The van der Waals surface area contributed by atoms with E-state index in [9.17, 15) is 18.0 Å². The summed E-state index contributed by atoms with van der Waals surface area (Å²) in [7, 11) is 1.13. The van der Waals surface area contributed by atoms with E-state index in [4.69, 9.17) is 0 Å². The van der Waals surface area contributed by atoms with E-state index in [0.29, 0.717) is 23.9 Å². The first-order valence-electron chi connectivity index (χ1n) is 9.37. The minimum atomic E-state index is -4.40. The van der Waals surface area contributed by atoms with E-state index in [1.165, 1.54) is 25.7 Å². The summed E-state index contributed by atoms with van der Waals surface area (Å²) in [6.07, 6.45) is 1.68. The first kappa shape index (κ1) is 22.5. The summed E-state index contributed by atoms with van der Waals surface area (Å²) >= 11 is 0. The van der Waals surface area contributed by atoms with Crippen LogP contribution in [0.1, 0.15) is 39.0 Å². The number of carbonyl (C=O) groups is 1. The number of carbonyl (C=O) groups excluding carboxylic acids is 1. The van der Waals surface area contributed by atoms with Crippen molar-refractivity contribution in [3.8, 4) is 0 Å². The maximum atomic E-state index is 12.3. The van der Waals surface area contributed by atoms with Gasteiger partial charge in [0.2, 0.25) is 5.91 Å². The van der Waals surface area contributed by atoms with Crippen molar-refractivity contribution in [2.45, 2.75) is 45.2 Å². The number of alkyl halides is 3. The van der Waals surface area contributed by atoms with Gasteiger partial charge < -0.3 is 20.4 Å². The van der Waals surface area contributed by atoms with Gasteiger partial charge in [0.15, 0.2) is 5.96 Å². The van der Waals surface area contributed by atoms with Crippen molar-refractivity contribution < 1.29 is 18.0 Å². The van der Waals surface area contributed by atoms with E-state index in [1.807, 2.05) is 6.92 Å². The summed E-state index contributed by atoms with van der Waals surface area (Å²) < 4.78 is 36.9. The van der Waals surface area contributed by atoms with Crippen LogP contribution in [0.3, 0.4) is 0 Å². The molecule has 1 rings (SSSR count). The average molecular weight is 379 g/mol. The molecule has 26 heavy (non-hydrogen) atoms. The fourth-order valence-electron chi connectivity index (χ4n) is 2.84. The molecule has 0 radical (unpaired) electrons. The summed E-state index contributed by atoms with van der Waals surface area (Å²) in [5.41, 5.74) is 0. The van der Waals surface area contributed by atoms with Crippen LogP contribution >= 0.6 is 0 Å². The van der Waals surface area contributed by atoms with E-state index in [0.717, 1.165) is 33.1 Å². The molecule has 1 fully saturated rings. The lowest BCUT2D eigenvalue weighted by Gasteiger charge is -2.20. The van der Waals surface area contributed by atoms with Gasteiger partial charge in [-0.25, -0.2) is 4.99 Å². The van der Waals surface area contributed by atoms with Crippen molar-refractivity contribution in [1.82, 2.24) is 20.4 Å². The molecule has 0 aliphatic carbocycles. The van der Waals surface area contributed by atoms with Crippen molar-refractivity contribution in [2.24, 2.45) is 4.99 Å². The Morgan fingerprint density at radius 3 is 2.38 bits per heavy atom. The second kappa shape index (κ2) is 12.0. The van der Waals surface area contributed by atoms with Crippen LogP contribution in [0.2, 0.25) is 0 Å². The third-order valence-corrected chi connectivity index (χ3v) is 4.20. The largest absolute Gasteiger partial charge is 0.406 e. The Hall–Kier alpha value is -1.51. The topological polar surface area (TPSA) is 60.0 Å². The van der Waals surface area contributed by atoms with Gasteiger partial charge in [-0.3, -0.25) is 4.79 Å². The Bertz CT molecular complexity index is 435. The van der Waals surface area contributed by atoms with Gasteiger partial charge in [0.25, 0.3) is 0 Å². The molecule has 1 saturated heterocycles. The lowest BCUT2D eigenvalue weighted by molar-refractivity contribution is -0.157. The molecular formula is C17H32F3N5O. The first-order valence-corrected chi connectivity index (χ1v) is 9.37. The molecule has 152 valence electrons. The molecule has 1 aliphatic rings.